The Morgan fingerprint density at radius 3 is 2.69 bits per heavy atom. The molecule has 6 heteroatoms. The second kappa shape index (κ2) is 5.18. The zero-order valence-electron chi connectivity index (χ0n) is 8.73. The second-order valence-corrected chi connectivity index (χ2v) is 5.00. The van der Waals surface area contributed by atoms with Gasteiger partial charge in [-0.1, -0.05) is 0 Å². The Morgan fingerprint density at radius 1 is 1.44 bits per heavy atom. The highest BCUT2D eigenvalue weighted by molar-refractivity contribution is 7.89. The smallest absolute Gasteiger partial charge is 0.240 e. The van der Waals surface area contributed by atoms with Crippen molar-refractivity contribution in [1.82, 2.24) is 4.72 Å². The van der Waals surface area contributed by atoms with Crippen LogP contribution in [0.4, 0.5) is 4.39 Å². The summed E-state index contributed by atoms with van der Waals surface area (Å²) in [5, 5.41) is 0. The maximum absolute atomic E-state index is 12.8. The number of sulfonamides is 1. The molecule has 0 spiro atoms. The summed E-state index contributed by atoms with van der Waals surface area (Å²) < 4.78 is 38.4. The minimum absolute atomic E-state index is 0.0276. The van der Waals surface area contributed by atoms with E-state index >= 15 is 0 Å². The number of carbonyl (C=O) groups excluding carboxylic acids is 1. The quantitative estimate of drug-likeness (QED) is 0.622. The first-order chi connectivity index (χ1) is 7.47. The molecule has 0 heterocycles. The number of hydrogen-bond acceptors (Lipinski definition) is 3. The molecule has 0 aliphatic rings. The first kappa shape index (κ1) is 12.8. The molecule has 1 rings (SSSR count). The molecule has 0 radical (unpaired) electrons. The summed E-state index contributed by atoms with van der Waals surface area (Å²) in [6.45, 7) is 1.56. The molecular formula is C10H12FNO3S. The molecule has 0 unspecified atom stereocenters. The monoisotopic (exact) mass is 245 g/mol. The molecule has 0 aliphatic carbocycles. The van der Waals surface area contributed by atoms with Crippen molar-refractivity contribution in [1.29, 1.82) is 0 Å². The van der Waals surface area contributed by atoms with Gasteiger partial charge < -0.3 is 4.79 Å². The number of nitrogens with one attached hydrogen (secondary N) is 1. The number of halogens is 1. The fourth-order valence-corrected chi connectivity index (χ4v) is 2.52. The molecule has 4 nitrogen and oxygen atoms in total. The molecule has 0 saturated heterocycles. The molecular weight excluding hydrogens is 233 g/mol. The van der Waals surface area contributed by atoms with Crippen LogP contribution in [-0.4, -0.2) is 21.2 Å². The molecule has 0 amide bonds. The number of benzene rings is 1. The number of aldehydes is 1. The van der Waals surface area contributed by atoms with Gasteiger partial charge in [0.15, 0.2) is 0 Å². The van der Waals surface area contributed by atoms with Crippen LogP contribution in [0, 0.1) is 12.7 Å². The minimum Gasteiger partial charge on any atom is -0.303 e. The average Bonchev–Trinajstić information content (AvgIpc) is 2.17. The van der Waals surface area contributed by atoms with Crippen LogP contribution in [0.3, 0.4) is 0 Å². The minimum atomic E-state index is -3.66. The van der Waals surface area contributed by atoms with Gasteiger partial charge in [-0.15, -0.1) is 0 Å². The molecule has 0 aromatic heterocycles. The van der Waals surface area contributed by atoms with Crippen LogP contribution in [0.15, 0.2) is 23.1 Å². The molecule has 1 N–H and O–H groups in total. The Balaban J connectivity index is 2.94. The van der Waals surface area contributed by atoms with E-state index in [-0.39, 0.29) is 17.9 Å². The van der Waals surface area contributed by atoms with Crippen LogP contribution in [0.25, 0.3) is 0 Å². The van der Waals surface area contributed by atoms with E-state index in [1.807, 2.05) is 0 Å². The normalized spacial score (nSPS) is 11.4. The Hall–Kier alpha value is -1.27. The number of aryl methyl sites for hydroxylation is 1. The van der Waals surface area contributed by atoms with Crippen molar-refractivity contribution in [2.45, 2.75) is 18.2 Å². The first-order valence-electron chi connectivity index (χ1n) is 4.67. The lowest BCUT2D eigenvalue weighted by Gasteiger charge is -2.07. The van der Waals surface area contributed by atoms with Gasteiger partial charge in [0.2, 0.25) is 10.0 Å². The van der Waals surface area contributed by atoms with Gasteiger partial charge in [-0.05, 0) is 30.7 Å². The van der Waals surface area contributed by atoms with Crippen molar-refractivity contribution in [3.63, 3.8) is 0 Å². The molecule has 1 aromatic carbocycles. The Bertz CT molecular complexity index is 485. The second-order valence-electron chi connectivity index (χ2n) is 3.26. The Labute approximate surface area is 93.5 Å². The zero-order valence-corrected chi connectivity index (χ0v) is 9.55. The van der Waals surface area contributed by atoms with Crippen molar-refractivity contribution < 1.29 is 17.6 Å². The molecule has 0 aliphatic heterocycles. The van der Waals surface area contributed by atoms with Crippen LogP contribution >= 0.6 is 0 Å². The van der Waals surface area contributed by atoms with Crippen LogP contribution in [-0.2, 0) is 14.8 Å². The molecule has 0 bridgehead atoms. The van der Waals surface area contributed by atoms with E-state index in [9.17, 15) is 17.6 Å². The molecule has 0 atom stereocenters. The fraction of sp³-hybridized carbons (Fsp3) is 0.300. The fourth-order valence-electron chi connectivity index (χ4n) is 1.24. The van der Waals surface area contributed by atoms with Gasteiger partial charge in [0.05, 0.1) is 4.90 Å². The van der Waals surface area contributed by atoms with Crippen molar-refractivity contribution in [3.8, 4) is 0 Å². The van der Waals surface area contributed by atoms with E-state index in [0.717, 1.165) is 12.1 Å². The maximum Gasteiger partial charge on any atom is 0.240 e. The molecule has 16 heavy (non-hydrogen) atoms. The third-order valence-corrected chi connectivity index (χ3v) is 3.60. The molecule has 0 fully saturated rings. The summed E-state index contributed by atoms with van der Waals surface area (Å²) in [6.07, 6.45) is 0.736. The summed E-state index contributed by atoms with van der Waals surface area (Å²) >= 11 is 0. The molecule has 88 valence electrons. The van der Waals surface area contributed by atoms with Crippen molar-refractivity contribution in [3.05, 3.63) is 29.6 Å². The lowest BCUT2D eigenvalue weighted by Crippen LogP contribution is -2.25. The SMILES string of the molecule is Cc1cc(F)ccc1S(=O)(=O)NCCC=O. The van der Waals surface area contributed by atoms with E-state index in [1.165, 1.54) is 13.0 Å². The van der Waals surface area contributed by atoms with Gasteiger partial charge in [-0.25, -0.2) is 17.5 Å². The maximum atomic E-state index is 12.8. The van der Waals surface area contributed by atoms with E-state index in [1.54, 1.807) is 0 Å². The third kappa shape index (κ3) is 3.11. The van der Waals surface area contributed by atoms with Crippen molar-refractivity contribution in [2.75, 3.05) is 6.54 Å². The Kier molecular flexibility index (Phi) is 4.14. The van der Waals surface area contributed by atoms with Gasteiger partial charge in [-0.2, -0.15) is 0 Å². The van der Waals surface area contributed by atoms with Crippen molar-refractivity contribution in [2.24, 2.45) is 0 Å². The standard InChI is InChI=1S/C10H12FNO3S/c1-8-7-9(11)3-4-10(8)16(14,15)12-5-2-6-13/h3-4,6-7,12H,2,5H2,1H3. The zero-order chi connectivity index (χ0) is 12.2. The topological polar surface area (TPSA) is 63.2 Å². The predicted molar refractivity (Wildman–Crippen MR) is 57.0 cm³/mol. The van der Waals surface area contributed by atoms with E-state index in [2.05, 4.69) is 4.72 Å². The average molecular weight is 245 g/mol. The summed E-state index contributed by atoms with van der Waals surface area (Å²) in [5.74, 6) is -0.482. The van der Waals surface area contributed by atoms with Crippen molar-refractivity contribution >= 4 is 16.3 Å². The highest BCUT2D eigenvalue weighted by atomic mass is 32.2. The summed E-state index contributed by atoms with van der Waals surface area (Å²) in [7, 11) is -3.66. The lowest BCUT2D eigenvalue weighted by molar-refractivity contribution is -0.107. The van der Waals surface area contributed by atoms with Gasteiger partial charge in [0.1, 0.15) is 12.1 Å². The predicted octanol–water partition coefficient (Wildman–Crippen LogP) is 1.00. The van der Waals surface area contributed by atoms with Crippen LogP contribution < -0.4 is 4.72 Å². The van der Waals surface area contributed by atoms with Gasteiger partial charge in [-0.3, -0.25) is 0 Å². The highest BCUT2D eigenvalue weighted by Gasteiger charge is 2.16. The van der Waals surface area contributed by atoms with Gasteiger partial charge in [0, 0.05) is 13.0 Å². The van der Waals surface area contributed by atoms with E-state index in [4.69, 9.17) is 0 Å². The third-order valence-electron chi connectivity index (χ3n) is 1.98. The van der Waals surface area contributed by atoms with Crippen LogP contribution in [0.5, 0.6) is 0 Å². The summed E-state index contributed by atoms with van der Waals surface area (Å²) in [6, 6.07) is 3.43. The number of hydrogen-bond donors (Lipinski definition) is 1. The largest absolute Gasteiger partial charge is 0.303 e. The van der Waals surface area contributed by atoms with Gasteiger partial charge >= 0.3 is 0 Å². The van der Waals surface area contributed by atoms with Gasteiger partial charge in [0.25, 0.3) is 0 Å². The van der Waals surface area contributed by atoms with E-state index < -0.39 is 15.8 Å². The Morgan fingerprint density at radius 2 is 2.12 bits per heavy atom. The molecule has 1 aromatic rings. The van der Waals surface area contributed by atoms with Crippen LogP contribution in [0.2, 0.25) is 0 Å². The first-order valence-corrected chi connectivity index (χ1v) is 6.15. The van der Waals surface area contributed by atoms with E-state index in [0.29, 0.717) is 11.8 Å². The number of carbonyl (C=O) groups is 1. The molecule has 0 saturated carbocycles. The highest BCUT2D eigenvalue weighted by Crippen LogP contribution is 2.15. The lowest BCUT2D eigenvalue weighted by atomic mass is 10.2. The summed E-state index contributed by atoms with van der Waals surface area (Å²) in [4.78, 5) is 10.1. The van der Waals surface area contributed by atoms with Crippen LogP contribution in [0.1, 0.15) is 12.0 Å². The number of rotatable bonds is 5. The summed E-state index contributed by atoms with van der Waals surface area (Å²) in [5.41, 5.74) is 0.332.